The number of rotatable bonds is 7. The molecule has 1 amide bonds. The number of carbonyl (C=O) groups is 1. The Balaban J connectivity index is 1.49. The molecule has 0 atom stereocenters. The van der Waals surface area contributed by atoms with Gasteiger partial charge in [0.15, 0.2) is 0 Å². The number of amides is 1. The first-order valence-electron chi connectivity index (χ1n) is 8.58. The van der Waals surface area contributed by atoms with E-state index in [0.717, 1.165) is 22.4 Å². The monoisotopic (exact) mass is 382 g/mol. The molecule has 3 aromatic rings. The summed E-state index contributed by atoms with van der Waals surface area (Å²) < 4.78 is 5.66. The zero-order chi connectivity index (χ0) is 19.2. The van der Waals surface area contributed by atoms with Crippen molar-refractivity contribution in [2.24, 2.45) is 0 Å². The molecule has 0 aliphatic rings. The average Bonchev–Trinajstić information content (AvgIpc) is 3.14. The second-order valence-corrected chi connectivity index (χ2v) is 7.24. The third kappa shape index (κ3) is 5.10. The van der Waals surface area contributed by atoms with Crippen molar-refractivity contribution >= 4 is 23.4 Å². The Morgan fingerprint density at radius 3 is 2.56 bits per heavy atom. The van der Waals surface area contributed by atoms with Gasteiger partial charge in [-0.05, 0) is 36.2 Å². The normalized spacial score (nSPS) is 10.6. The lowest BCUT2D eigenvalue weighted by Crippen LogP contribution is -2.24. The number of thioether (sulfide) groups is 1. The highest BCUT2D eigenvalue weighted by Crippen LogP contribution is 2.25. The number of aryl methyl sites for hydroxylation is 1. The van der Waals surface area contributed by atoms with Crippen molar-refractivity contribution in [1.82, 2.24) is 15.5 Å². The first-order chi connectivity index (χ1) is 13.0. The number of nitrogens with one attached hydrogen (secondary N) is 1. The molecule has 27 heavy (non-hydrogen) atoms. The maximum atomic E-state index is 12.1. The van der Waals surface area contributed by atoms with E-state index < -0.39 is 0 Å². The van der Waals surface area contributed by atoms with Crippen molar-refractivity contribution < 1.29 is 9.21 Å². The predicted octanol–water partition coefficient (Wildman–Crippen LogP) is 3.52. The summed E-state index contributed by atoms with van der Waals surface area (Å²) in [6.45, 7) is 2.48. The van der Waals surface area contributed by atoms with Crippen LogP contribution in [0.2, 0.25) is 0 Å². The minimum atomic E-state index is -0.0765. The summed E-state index contributed by atoms with van der Waals surface area (Å²) in [6.07, 6.45) is 0. The average molecular weight is 382 g/mol. The van der Waals surface area contributed by atoms with Crippen LogP contribution in [0.4, 0.5) is 5.69 Å². The number of nitrogens with zero attached hydrogens (tertiary/aromatic N) is 3. The Hall–Kier alpha value is -2.80. The maximum Gasteiger partial charge on any atom is 0.277 e. The van der Waals surface area contributed by atoms with Gasteiger partial charge < -0.3 is 14.6 Å². The molecule has 0 fully saturated rings. The van der Waals surface area contributed by atoms with Crippen LogP contribution in [0.5, 0.6) is 0 Å². The second kappa shape index (κ2) is 8.73. The maximum absolute atomic E-state index is 12.1. The molecule has 140 valence electrons. The SMILES string of the molecule is Cc1ccccc1-c1nnc(SCC(=O)NCc2ccc(N(C)C)cc2)o1. The standard InChI is InChI=1S/C20H22N4O2S/c1-14-6-4-5-7-17(14)19-22-23-20(26-19)27-13-18(25)21-12-15-8-10-16(11-9-15)24(2)3/h4-11H,12-13H2,1-3H3,(H,21,25). The summed E-state index contributed by atoms with van der Waals surface area (Å²) in [5.41, 5.74) is 4.15. The molecule has 7 heteroatoms. The zero-order valence-corrected chi connectivity index (χ0v) is 16.4. The minimum Gasteiger partial charge on any atom is -0.411 e. The summed E-state index contributed by atoms with van der Waals surface area (Å²) in [5.74, 6) is 0.620. The highest BCUT2D eigenvalue weighted by atomic mass is 32.2. The van der Waals surface area contributed by atoms with Crippen molar-refractivity contribution in [1.29, 1.82) is 0 Å². The molecule has 0 unspecified atom stereocenters. The quantitative estimate of drug-likeness (QED) is 0.631. The highest BCUT2D eigenvalue weighted by Gasteiger charge is 2.12. The van der Waals surface area contributed by atoms with Crippen molar-refractivity contribution in [2.75, 3.05) is 24.7 Å². The van der Waals surface area contributed by atoms with Gasteiger partial charge in [0.2, 0.25) is 11.8 Å². The Morgan fingerprint density at radius 1 is 1.11 bits per heavy atom. The van der Waals surface area contributed by atoms with E-state index in [4.69, 9.17) is 4.42 Å². The second-order valence-electron chi connectivity index (χ2n) is 6.31. The Bertz CT molecular complexity index is 906. The van der Waals surface area contributed by atoms with E-state index in [-0.39, 0.29) is 11.7 Å². The molecule has 0 spiro atoms. The van der Waals surface area contributed by atoms with Crippen molar-refractivity contribution in [3.8, 4) is 11.5 Å². The summed E-state index contributed by atoms with van der Waals surface area (Å²) in [7, 11) is 3.99. The van der Waals surface area contributed by atoms with Crippen LogP contribution in [0.25, 0.3) is 11.5 Å². The van der Waals surface area contributed by atoms with Gasteiger partial charge >= 0.3 is 0 Å². The van der Waals surface area contributed by atoms with Crippen molar-refractivity contribution in [3.05, 3.63) is 59.7 Å². The third-order valence-corrected chi connectivity index (χ3v) is 4.87. The van der Waals surface area contributed by atoms with E-state index in [2.05, 4.69) is 15.5 Å². The number of carbonyl (C=O) groups excluding carboxylic acids is 1. The summed E-state index contributed by atoms with van der Waals surface area (Å²) in [5, 5.41) is 11.4. The molecule has 0 bridgehead atoms. The molecular weight excluding hydrogens is 360 g/mol. The van der Waals surface area contributed by atoms with Gasteiger partial charge in [0.05, 0.1) is 5.75 Å². The van der Waals surface area contributed by atoms with Crippen LogP contribution in [0, 0.1) is 6.92 Å². The van der Waals surface area contributed by atoms with Gasteiger partial charge in [-0.25, -0.2) is 0 Å². The van der Waals surface area contributed by atoms with Gasteiger partial charge in [0.25, 0.3) is 5.22 Å². The fraction of sp³-hybridized carbons (Fsp3) is 0.250. The van der Waals surface area contributed by atoms with E-state index in [1.165, 1.54) is 11.8 Å². The molecule has 0 aliphatic carbocycles. The van der Waals surface area contributed by atoms with Gasteiger partial charge in [-0.2, -0.15) is 0 Å². The largest absolute Gasteiger partial charge is 0.411 e. The number of hydrogen-bond donors (Lipinski definition) is 1. The Kier molecular flexibility index (Phi) is 6.13. The number of hydrogen-bond acceptors (Lipinski definition) is 6. The molecule has 3 rings (SSSR count). The molecular formula is C20H22N4O2S. The van der Waals surface area contributed by atoms with Crippen molar-refractivity contribution in [3.63, 3.8) is 0 Å². The smallest absolute Gasteiger partial charge is 0.277 e. The molecule has 6 nitrogen and oxygen atoms in total. The van der Waals surface area contributed by atoms with Crippen molar-refractivity contribution in [2.45, 2.75) is 18.7 Å². The van der Waals surface area contributed by atoms with Gasteiger partial charge in [-0.15, -0.1) is 10.2 Å². The first kappa shape index (κ1) is 19.0. The minimum absolute atomic E-state index is 0.0765. The van der Waals surface area contributed by atoms with Gasteiger partial charge in [-0.1, -0.05) is 42.1 Å². The Labute approximate surface area is 163 Å². The summed E-state index contributed by atoms with van der Waals surface area (Å²) in [4.78, 5) is 14.1. The molecule has 0 aliphatic heterocycles. The van der Waals surface area contributed by atoms with Crippen LogP contribution in [0.15, 0.2) is 58.2 Å². The van der Waals surface area contributed by atoms with E-state index >= 15 is 0 Å². The Morgan fingerprint density at radius 2 is 1.85 bits per heavy atom. The molecule has 0 radical (unpaired) electrons. The van der Waals surface area contributed by atoms with Crippen LogP contribution < -0.4 is 10.2 Å². The summed E-state index contributed by atoms with van der Waals surface area (Å²) >= 11 is 1.23. The lowest BCUT2D eigenvalue weighted by Gasteiger charge is -2.12. The molecule has 1 heterocycles. The molecule has 0 saturated carbocycles. The molecule has 0 saturated heterocycles. The van der Waals surface area contributed by atoms with E-state index in [0.29, 0.717) is 17.7 Å². The molecule has 1 aromatic heterocycles. The van der Waals surface area contributed by atoms with Crippen LogP contribution in [-0.2, 0) is 11.3 Å². The van der Waals surface area contributed by atoms with E-state index in [1.807, 2.05) is 74.4 Å². The highest BCUT2D eigenvalue weighted by molar-refractivity contribution is 7.99. The van der Waals surface area contributed by atoms with Crippen LogP contribution >= 0.6 is 11.8 Å². The molecule has 2 aromatic carbocycles. The van der Waals surface area contributed by atoms with Crippen LogP contribution in [-0.4, -0.2) is 36.0 Å². The van der Waals surface area contributed by atoms with E-state index in [1.54, 1.807) is 0 Å². The predicted molar refractivity (Wildman–Crippen MR) is 108 cm³/mol. The lowest BCUT2D eigenvalue weighted by molar-refractivity contribution is -0.118. The topological polar surface area (TPSA) is 71.3 Å². The fourth-order valence-corrected chi connectivity index (χ4v) is 3.07. The lowest BCUT2D eigenvalue weighted by atomic mass is 10.1. The number of anilines is 1. The van der Waals surface area contributed by atoms with Crippen LogP contribution in [0.3, 0.4) is 0 Å². The van der Waals surface area contributed by atoms with Gasteiger partial charge in [-0.3, -0.25) is 4.79 Å². The number of aromatic nitrogens is 2. The van der Waals surface area contributed by atoms with Gasteiger partial charge in [0.1, 0.15) is 0 Å². The number of benzene rings is 2. The van der Waals surface area contributed by atoms with E-state index in [9.17, 15) is 4.79 Å². The molecule has 1 N–H and O–H groups in total. The van der Waals surface area contributed by atoms with Gasteiger partial charge in [0, 0.05) is 31.9 Å². The summed E-state index contributed by atoms with van der Waals surface area (Å²) in [6, 6.07) is 15.9. The van der Waals surface area contributed by atoms with Crippen LogP contribution in [0.1, 0.15) is 11.1 Å². The fourth-order valence-electron chi connectivity index (χ4n) is 2.48. The first-order valence-corrected chi connectivity index (χ1v) is 9.57. The zero-order valence-electron chi connectivity index (χ0n) is 15.6. The third-order valence-electron chi connectivity index (χ3n) is 4.05.